The highest BCUT2D eigenvalue weighted by Crippen LogP contribution is 2.61. The Labute approximate surface area is 192 Å². The summed E-state index contributed by atoms with van der Waals surface area (Å²) in [5.74, 6) is -0.998. The van der Waals surface area contributed by atoms with Gasteiger partial charge in [-0.2, -0.15) is 0 Å². The lowest BCUT2D eigenvalue weighted by molar-refractivity contribution is -0.175. The lowest BCUT2D eigenvalue weighted by Gasteiger charge is -2.44. The molecule has 0 saturated carbocycles. The quantitative estimate of drug-likeness (QED) is 0.349. The largest absolute Gasteiger partial charge is 0.474 e. The van der Waals surface area contributed by atoms with Gasteiger partial charge in [-0.1, -0.05) is 0 Å². The summed E-state index contributed by atoms with van der Waals surface area (Å²) in [7, 11) is -6.89. The number of phosphoric acid groups is 2. The third-order valence-electron chi connectivity index (χ3n) is 6.18. The minimum absolute atomic E-state index is 0.0213. The summed E-state index contributed by atoms with van der Waals surface area (Å²) in [6.45, 7) is 7.41. The van der Waals surface area contributed by atoms with E-state index in [-0.39, 0.29) is 59.3 Å². The molecule has 33 heavy (non-hydrogen) atoms. The van der Waals surface area contributed by atoms with Crippen molar-refractivity contribution in [2.75, 3.05) is 52.9 Å². The smallest absolute Gasteiger partial charge is 0.464 e. The molecule has 12 nitrogen and oxygen atoms in total. The predicted octanol–water partition coefficient (Wildman–Crippen LogP) is 2.86. The van der Waals surface area contributed by atoms with Crippen molar-refractivity contribution in [3.63, 3.8) is 0 Å². The van der Waals surface area contributed by atoms with Gasteiger partial charge in [0.15, 0.2) is 0 Å². The third-order valence-corrected chi connectivity index (χ3v) is 8.85. The van der Waals surface area contributed by atoms with Gasteiger partial charge in [0.05, 0.1) is 61.3 Å². The molecule has 6 aliphatic heterocycles. The van der Waals surface area contributed by atoms with Crippen LogP contribution in [-0.2, 0) is 55.3 Å². The van der Waals surface area contributed by atoms with Crippen LogP contribution in [0.15, 0.2) is 0 Å². The topological polar surface area (TPSA) is 142 Å². The van der Waals surface area contributed by atoms with Gasteiger partial charge in [0.1, 0.15) is 13.2 Å². The van der Waals surface area contributed by atoms with Crippen molar-refractivity contribution < 1.29 is 55.3 Å². The molecular formula is C19H30O12P2. The zero-order valence-electron chi connectivity index (χ0n) is 19.2. The fraction of sp³-hybridized carbons (Fsp3) is 0.895. The van der Waals surface area contributed by atoms with Crippen molar-refractivity contribution in [2.24, 2.45) is 21.7 Å². The predicted molar refractivity (Wildman–Crippen MR) is 110 cm³/mol. The molecule has 0 amide bonds. The average molecular weight is 512 g/mol. The van der Waals surface area contributed by atoms with Crippen molar-refractivity contribution in [3.05, 3.63) is 0 Å². The SMILES string of the molecule is CC(C)(CC(C)(C)C(=O)OCC12COP(=O)(OC1)OC2)C(=O)OCC12COP(=O)(OC1)OC2. The fourth-order valence-corrected chi connectivity index (χ4v) is 7.14. The molecule has 4 bridgehead atoms. The van der Waals surface area contributed by atoms with Crippen LogP contribution in [0.5, 0.6) is 0 Å². The fourth-order valence-electron chi connectivity index (χ4n) is 4.10. The molecule has 0 aliphatic carbocycles. The summed E-state index contributed by atoms with van der Waals surface area (Å²) < 4.78 is 65.5. The van der Waals surface area contributed by atoms with Crippen LogP contribution in [0.25, 0.3) is 0 Å². The van der Waals surface area contributed by atoms with E-state index in [1.165, 1.54) is 0 Å². The number of esters is 2. The number of hydrogen-bond acceptors (Lipinski definition) is 12. The zero-order valence-corrected chi connectivity index (χ0v) is 20.9. The lowest BCUT2D eigenvalue weighted by Crippen LogP contribution is -2.49. The number of fused-ring (bicyclic) bond motifs is 6. The van der Waals surface area contributed by atoms with E-state index in [1.54, 1.807) is 27.7 Å². The van der Waals surface area contributed by atoms with Gasteiger partial charge >= 0.3 is 27.6 Å². The minimum Gasteiger partial charge on any atom is -0.464 e. The second-order valence-corrected chi connectivity index (χ2v) is 14.0. The molecule has 188 valence electrons. The minimum atomic E-state index is -3.44. The Morgan fingerprint density at radius 1 is 0.667 bits per heavy atom. The standard InChI is InChI=1S/C19H30O12P2/c1-16(2,14(20)24-6-18-8-26-32(22,27-9-18)28-10-18)5-17(3,4)15(21)25-7-19-11-29-33(23,30-12-19)31-13-19/h5-13H2,1-4H3. The van der Waals surface area contributed by atoms with E-state index in [0.717, 1.165) is 0 Å². The first-order valence-electron chi connectivity index (χ1n) is 10.6. The van der Waals surface area contributed by atoms with E-state index in [0.29, 0.717) is 0 Å². The van der Waals surface area contributed by atoms with Gasteiger partial charge in [-0.05, 0) is 34.1 Å². The normalized spacial score (nSPS) is 38.2. The second-order valence-electron chi connectivity index (χ2n) is 10.6. The molecule has 0 spiro atoms. The monoisotopic (exact) mass is 512 g/mol. The molecule has 6 saturated heterocycles. The number of hydrogen-bond donors (Lipinski definition) is 0. The maximum atomic E-state index is 12.9. The van der Waals surface area contributed by atoms with E-state index < -0.39 is 49.2 Å². The van der Waals surface area contributed by atoms with Crippen LogP contribution in [0.2, 0.25) is 0 Å². The van der Waals surface area contributed by atoms with Gasteiger partial charge in [0, 0.05) is 0 Å². The molecule has 0 aromatic carbocycles. The summed E-state index contributed by atoms with van der Waals surface area (Å²) in [5.41, 5.74) is -3.42. The van der Waals surface area contributed by atoms with Crippen LogP contribution < -0.4 is 0 Å². The Balaban J connectivity index is 1.28. The molecule has 0 aromatic rings. The van der Waals surface area contributed by atoms with Crippen molar-refractivity contribution in [1.29, 1.82) is 0 Å². The number of carbonyl (C=O) groups excluding carboxylic acids is 2. The number of phosphoric ester groups is 2. The number of ether oxygens (including phenoxy) is 2. The Morgan fingerprint density at radius 2 is 0.939 bits per heavy atom. The molecule has 0 unspecified atom stereocenters. The second kappa shape index (κ2) is 8.38. The number of rotatable bonds is 8. The molecule has 6 fully saturated rings. The van der Waals surface area contributed by atoms with E-state index in [4.69, 9.17) is 36.6 Å². The van der Waals surface area contributed by atoms with Crippen LogP contribution in [0.1, 0.15) is 34.1 Å². The highest BCUT2D eigenvalue weighted by atomic mass is 31.2. The Morgan fingerprint density at radius 3 is 1.21 bits per heavy atom. The van der Waals surface area contributed by atoms with Gasteiger partial charge in [-0.15, -0.1) is 0 Å². The Kier molecular flexibility index (Phi) is 6.41. The van der Waals surface area contributed by atoms with Crippen LogP contribution >= 0.6 is 15.6 Å². The van der Waals surface area contributed by atoms with Gasteiger partial charge in [0.25, 0.3) is 0 Å². The molecule has 6 heterocycles. The molecule has 0 N–H and O–H groups in total. The highest BCUT2D eigenvalue weighted by molar-refractivity contribution is 7.48. The summed E-state index contributed by atoms with van der Waals surface area (Å²) >= 11 is 0. The molecule has 6 aliphatic rings. The molecule has 6 rings (SSSR count). The van der Waals surface area contributed by atoms with Crippen molar-refractivity contribution >= 4 is 27.6 Å². The molecule has 14 heteroatoms. The Bertz CT molecular complexity index is 778. The summed E-state index contributed by atoms with van der Waals surface area (Å²) in [4.78, 5) is 25.7. The highest BCUT2D eigenvalue weighted by Gasteiger charge is 2.53. The first kappa shape index (κ1) is 25.3. The van der Waals surface area contributed by atoms with Crippen molar-refractivity contribution in [2.45, 2.75) is 34.1 Å². The van der Waals surface area contributed by atoms with Crippen LogP contribution in [-0.4, -0.2) is 64.8 Å². The van der Waals surface area contributed by atoms with Gasteiger partial charge in [0.2, 0.25) is 0 Å². The molecular weight excluding hydrogens is 482 g/mol. The van der Waals surface area contributed by atoms with Crippen LogP contribution in [0.4, 0.5) is 0 Å². The molecule has 0 aromatic heterocycles. The van der Waals surface area contributed by atoms with Crippen LogP contribution in [0, 0.1) is 21.7 Å². The first-order chi connectivity index (χ1) is 15.2. The maximum absolute atomic E-state index is 12.9. The van der Waals surface area contributed by atoms with Crippen molar-refractivity contribution in [3.8, 4) is 0 Å². The molecule has 0 atom stereocenters. The maximum Gasteiger partial charge on any atom is 0.474 e. The van der Waals surface area contributed by atoms with E-state index in [2.05, 4.69) is 0 Å². The lowest BCUT2D eigenvalue weighted by atomic mass is 9.75. The van der Waals surface area contributed by atoms with E-state index in [9.17, 15) is 18.7 Å². The number of carbonyl (C=O) groups is 2. The van der Waals surface area contributed by atoms with E-state index in [1.807, 2.05) is 0 Å². The van der Waals surface area contributed by atoms with Gasteiger partial charge in [-0.25, -0.2) is 9.13 Å². The van der Waals surface area contributed by atoms with Crippen molar-refractivity contribution in [1.82, 2.24) is 0 Å². The summed E-state index contributed by atoms with van der Waals surface area (Å²) in [6, 6.07) is 0. The summed E-state index contributed by atoms with van der Waals surface area (Å²) in [6.07, 6.45) is 0.162. The first-order valence-corrected chi connectivity index (χ1v) is 13.5. The summed E-state index contributed by atoms with van der Waals surface area (Å²) in [5, 5.41) is 0. The average Bonchev–Trinajstić information content (AvgIpc) is 2.77. The third kappa shape index (κ3) is 5.23. The van der Waals surface area contributed by atoms with E-state index >= 15 is 0 Å². The van der Waals surface area contributed by atoms with Gasteiger partial charge < -0.3 is 9.47 Å². The van der Waals surface area contributed by atoms with Crippen LogP contribution in [0.3, 0.4) is 0 Å². The van der Waals surface area contributed by atoms with Gasteiger partial charge in [-0.3, -0.25) is 36.7 Å². The molecule has 0 radical (unpaired) electrons. The zero-order chi connectivity index (χ0) is 24.2. The Hall–Kier alpha value is -0.840.